The molecule has 1 heterocycles. The van der Waals surface area contributed by atoms with Gasteiger partial charge in [0.1, 0.15) is 12.4 Å². The summed E-state index contributed by atoms with van der Waals surface area (Å²) in [5.74, 6) is 0.834. The van der Waals surface area contributed by atoms with Gasteiger partial charge < -0.3 is 9.47 Å². The third-order valence-electron chi connectivity index (χ3n) is 3.42. The first-order valence-corrected chi connectivity index (χ1v) is 7.01. The fraction of sp³-hybridized carbons (Fsp3) is 0.625. The first kappa shape index (κ1) is 14.4. The second-order valence-corrected chi connectivity index (χ2v) is 5.99. The minimum absolute atomic E-state index is 0.169. The molecule has 0 aromatic heterocycles. The van der Waals surface area contributed by atoms with Crippen LogP contribution in [0.4, 0.5) is 0 Å². The largest absolute Gasteiger partial charge is 0.492 e. The molecule has 0 spiro atoms. The summed E-state index contributed by atoms with van der Waals surface area (Å²) in [5.41, 5.74) is 1.45. The van der Waals surface area contributed by atoms with Gasteiger partial charge in [0.15, 0.2) is 0 Å². The van der Waals surface area contributed by atoms with Crippen molar-refractivity contribution >= 4 is 0 Å². The molecule has 1 aliphatic rings. The highest BCUT2D eigenvalue weighted by Crippen LogP contribution is 2.23. The van der Waals surface area contributed by atoms with Crippen LogP contribution < -0.4 is 4.74 Å². The molecule has 105 valence electrons. The second-order valence-electron chi connectivity index (χ2n) is 5.99. The summed E-state index contributed by atoms with van der Waals surface area (Å²) in [5, 5.41) is 0. The lowest BCUT2D eigenvalue weighted by Crippen LogP contribution is -2.38. The van der Waals surface area contributed by atoms with E-state index in [1.165, 1.54) is 5.56 Å². The summed E-state index contributed by atoms with van der Waals surface area (Å²) >= 11 is 0. The van der Waals surface area contributed by atoms with E-state index in [0.29, 0.717) is 6.61 Å². The van der Waals surface area contributed by atoms with Crippen LogP contribution in [0.2, 0.25) is 0 Å². The van der Waals surface area contributed by atoms with Crippen LogP contribution in [0.15, 0.2) is 18.2 Å². The van der Waals surface area contributed by atoms with Crippen molar-refractivity contribution in [3.8, 4) is 5.75 Å². The van der Waals surface area contributed by atoms with E-state index in [1.54, 1.807) is 0 Å². The number of rotatable bonds is 4. The van der Waals surface area contributed by atoms with Gasteiger partial charge in [-0.15, -0.1) is 0 Å². The van der Waals surface area contributed by atoms with Crippen molar-refractivity contribution in [2.75, 3.05) is 39.5 Å². The van der Waals surface area contributed by atoms with Crippen molar-refractivity contribution in [3.05, 3.63) is 29.8 Å². The highest BCUT2D eigenvalue weighted by Gasteiger charge is 2.13. The van der Waals surface area contributed by atoms with Crippen molar-refractivity contribution in [2.24, 2.45) is 0 Å². The van der Waals surface area contributed by atoms with Gasteiger partial charge in [0, 0.05) is 25.7 Å². The Morgan fingerprint density at radius 1 is 1.26 bits per heavy atom. The third-order valence-corrected chi connectivity index (χ3v) is 3.42. The van der Waals surface area contributed by atoms with Crippen LogP contribution in [-0.4, -0.2) is 44.4 Å². The minimum atomic E-state index is 0.169. The highest BCUT2D eigenvalue weighted by molar-refractivity contribution is 5.29. The Kier molecular flexibility index (Phi) is 4.83. The molecule has 19 heavy (non-hydrogen) atoms. The standard InChI is InChI=1S/C16H24NO2/c1-16(2,3)14-4-6-15(7-5-14)19-13-10-17-8-11-18-12-9-17/h4-6H,8-13H2,1-3H3. The van der Waals surface area contributed by atoms with E-state index >= 15 is 0 Å². The van der Waals surface area contributed by atoms with Gasteiger partial charge in [0.05, 0.1) is 13.2 Å². The van der Waals surface area contributed by atoms with Gasteiger partial charge in [-0.2, -0.15) is 0 Å². The van der Waals surface area contributed by atoms with Gasteiger partial charge >= 0.3 is 0 Å². The number of hydrogen-bond acceptors (Lipinski definition) is 3. The highest BCUT2D eigenvalue weighted by atomic mass is 16.5. The number of hydrogen-bond donors (Lipinski definition) is 0. The molecule has 3 heteroatoms. The lowest BCUT2D eigenvalue weighted by Gasteiger charge is -2.26. The molecule has 1 fully saturated rings. The quantitative estimate of drug-likeness (QED) is 0.832. The van der Waals surface area contributed by atoms with E-state index in [4.69, 9.17) is 9.47 Å². The van der Waals surface area contributed by atoms with E-state index in [9.17, 15) is 0 Å². The summed E-state index contributed by atoms with van der Waals surface area (Å²) in [6.07, 6.45) is 0. The van der Waals surface area contributed by atoms with Crippen molar-refractivity contribution < 1.29 is 9.47 Å². The first-order valence-electron chi connectivity index (χ1n) is 7.01. The predicted octanol–water partition coefficient (Wildman–Crippen LogP) is 2.50. The van der Waals surface area contributed by atoms with Crippen molar-refractivity contribution in [3.63, 3.8) is 0 Å². The van der Waals surface area contributed by atoms with Crippen molar-refractivity contribution in [1.82, 2.24) is 4.90 Å². The van der Waals surface area contributed by atoms with E-state index in [2.05, 4.69) is 37.8 Å². The monoisotopic (exact) mass is 262 g/mol. The van der Waals surface area contributed by atoms with E-state index in [1.807, 2.05) is 12.1 Å². The van der Waals surface area contributed by atoms with Gasteiger partial charge in [-0.3, -0.25) is 4.90 Å². The van der Waals surface area contributed by atoms with Crippen LogP contribution in [0.25, 0.3) is 0 Å². The lowest BCUT2D eigenvalue weighted by molar-refractivity contribution is 0.0322. The van der Waals surface area contributed by atoms with Gasteiger partial charge in [-0.25, -0.2) is 0 Å². The Labute approximate surface area is 116 Å². The van der Waals surface area contributed by atoms with E-state index < -0.39 is 0 Å². The van der Waals surface area contributed by atoms with Crippen molar-refractivity contribution in [2.45, 2.75) is 26.2 Å². The van der Waals surface area contributed by atoms with Crippen LogP contribution in [0.5, 0.6) is 5.75 Å². The average Bonchev–Trinajstić information content (AvgIpc) is 2.39. The molecule has 0 atom stereocenters. The first-order chi connectivity index (χ1) is 9.05. The van der Waals surface area contributed by atoms with Crippen LogP contribution in [0.3, 0.4) is 0 Å². The number of morpholine rings is 1. The summed E-state index contributed by atoms with van der Waals surface area (Å²) in [7, 11) is 0. The summed E-state index contributed by atoms with van der Waals surface area (Å²) in [6, 6.07) is 9.39. The summed E-state index contributed by atoms with van der Waals surface area (Å²) in [4.78, 5) is 2.37. The predicted molar refractivity (Wildman–Crippen MR) is 76.7 cm³/mol. The molecule has 0 amide bonds. The maximum atomic E-state index is 5.74. The molecule has 1 saturated heterocycles. The summed E-state index contributed by atoms with van der Waals surface area (Å²) in [6.45, 7) is 12.0. The number of nitrogens with zero attached hydrogens (tertiary/aromatic N) is 1. The van der Waals surface area contributed by atoms with Crippen LogP contribution in [-0.2, 0) is 10.2 Å². The Hall–Kier alpha value is -1.06. The molecular formula is C16H24NO2. The van der Waals surface area contributed by atoms with Crippen LogP contribution in [0, 0.1) is 6.07 Å². The lowest BCUT2D eigenvalue weighted by atomic mass is 9.87. The molecule has 1 radical (unpaired) electrons. The zero-order valence-electron chi connectivity index (χ0n) is 12.2. The zero-order chi connectivity index (χ0) is 13.7. The van der Waals surface area contributed by atoms with Gasteiger partial charge in [0.2, 0.25) is 0 Å². The van der Waals surface area contributed by atoms with E-state index in [0.717, 1.165) is 38.6 Å². The molecular weight excluding hydrogens is 238 g/mol. The molecule has 0 saturated carbocycles. The normalized spacial score (nSPS) is 17.4. The minimum Gasteiger partial charge on any atom is -0.492 e. The molecule has 1 aromatic carbocycles. The molecule has 1 aliphatic heterocycles. The van der Waals surface area contributed by atoms with E-state index in [-0.39, 0.29) is 5.41 Å². The zero-order valence-corrected chi connectivity index (χ0v) is 12.2. The van der Waals surface area contributed by atoms with Crippen LogP contribution >= 0.6 is 0 Å². The average molecular weight is 262 g/mol. The Bertz CT molecular complexity index is 375. The second kappa shape index (κ2) is 6.40. The molecule has 1 aromatic rings. The Morgan fingerprint density at radius 2 is 2.00 bits per heavy atom. The maximum Gasteiger partial charge on any atom is 0.127 e. The molecule has 3 nitrogen and oxygen atoms in total. The molecule has 0 bridgehead atoms. The van der Waals surface area contributed by atoms with Crippen molar-refractivity contribution in [1.29, 1.82) is 0 Å². The van der Waals surface area contributed by atoms with Gasteiger partial charge in [0.25, 0.3) is 0 Å². The van der Waals surface area contributed by atoms with Gasteiger partial charge in [-0.1, -0.05) is 26.8 Å². The molecule has 0 unspecified atom stereocenters. The number of ether oxygens (including phenoxy) is 2. The molecule has 2 rings (SSSR count). The fourth-order valence-electron chi connectivity index (χ4n) is 2.08. The van der Waals surface area contributed by atoms with Gasteiger partial charge in [-0.05, 0) is 23.1 Å². The molecule has 0 aliphatic carbocycles. The Balaban J connectivity index is 1.76. The topological polar surface area (TPSA) is 21.7 Å². The third kappa shape index (κ3) is 4.51. The van der Waals surface area contributed by atoms with Crippen LogP contribution in [0.1, 0.15) is 26.3 Å². The Morgan fingerprint density at radius 3 is 2.58 bits per heavy atom. The fourth-order valence-corrected chi connectivity index (χ4v) is 2.08. The smallest absolute Gasteiger partial charge is 0.127 e. The SMILES string of the molecule is CC(C)(C)c1c[c]c(OCCN2CCOCC2)cc1. The maximum absolute atomic E-state index is 5.74. The number of benzene rings is 1. The summed E-state index contributed by atoms with van der Waals surface area (Å²) < 4.78 is 11.1. The molecule has 0 N–H and O–H groups in total.